The molecule has 1 unspecified atom stereocenters. The number of aryl methyl sites for hydroxylation is 2. The summed E-state index contributed by atoms with van der Waals surface area (Å²) in [7, 11) is 1.96. The molecule has 0 aromatic carbocycles. The molecule has 94 valence electrons. The van der Waals surface area contributed by atoms with Crippen LogP contribution in [0.15, 0.2) is 12.3 Å². The van der Waals surface area contributed by atoms with Crippen molar-refractivity contribution in [3.63, 3.8) is 0 Å². The van der Waals surface area contributed by atoms with Crippen LogP contribution in [-0.2, 0) is 13.5 Å². The van der Waals surface area contributed by atoms with Gasteiger partial charge in [0.2, 0.25) is 0 Å². The summed E-state index contributed by atoms with van der Waals surface area (Å²) in [5.74, 6) is 0. The van der Waals surface area contributed by atoms with Gasteiger partial charge in [0.15, 0.2) is 0 Å². The zero-order valence-corrected chi connectivity index (χ0v) is 10.5. The lowest BCUT2D eigenvalue weighted by Gasteiger charge is -2.23. The second-order valence-corrected chi connectivity index (χ2v) is 5.62. The average Bonchev–Trinajstić information content (AvgIpc) is 2.97. The smallest absolute Gasteiger partial charge is 0.0790 e. The third-order valence-electron chi connectivity index (χ3n) is 4.19. The zero-order valence-electron chi connectivity index (χ0n) is 10.5. The Labute approximate surface area is 102 Å². The molecule has 0 radical (unpaired) electrons. The molecule has 1 atom stereocenters. The number of hydrogen-bond donors (Lipinski definition) is 1. The molecular weight excluding hydrogens is 214 g/mol. The van der Waals surface area contributed by atoms with Crippen molar-refractivity contribution in [3.8, 4) is 0 Å². The number of rotatable bonds is 4. The molecule has 2 heterocycles. The largest absolute Gasteiger partial charge is 0.388 e. The highest BCUT2D eigenvalue weighted by Gasteiger charge is 2.41. The van der Waals surface area contributed by atoms with Crippen molar-refractivity contribution in [2.24, 2.45) is 7.05 Å². The summed E-state index contributed by atoms with van der Waals surface area (Å²) in [4.78, 5) is 2.46. The van der Waals surface area contributed by atoms with Crippen LogP contribution in [0.1, 0.15) is 31.4 Å². The SMILES string of the molecule is Cn1nccc1CCC1(O)CCN(C2CC2)C1. The van der Waals surface area contributed by atoms with E-state index in [1.165, 1.54) is 18.5 Å². The van der Waals surface area contributed by atoms with Crippen LogP contribution in [0.3, 0.4) is 0 Å². The Bertz CT molecular complexity index is 399. The lowest BCUT2D eigenvalue weighted by Crippen LogP contribution is -2.34. The number of aromatic nitrogens is 2. The van der Waals surface area contributed by atoms with Crippen molar-refractivity contribution in [2.75, 3.05) is 13.1 Å². The van der Waals surface area contributed by atoms with E-state index in [4.69, 9.17) is 0 Å². The molecule has 0 bridgehead atoms. The van der Waals surface area contributed by atoms with Crippen LogP contribution in [0.25, 0.3) is 0 Å². The van der Waals surface area contributed by atoms with Gasteiger partial charge < -0.3 is 5.11 Å². The van der Waals surface area contributed by atoms with Gasteiger partial charge in [0, 0.05) is 38.1 Å². The van der Waals surface area contributed by atoms with E-state index in [1.54, 1.807) is 0 Å². The first-order chi connectivity index (χ1) is 8.16. The molecule has 1 aliphatic heterocycles. The molecular formula is C13H21N3O. The summed E-state index contributed by atoms with van der Waals surface area (Å²) in [6, 6.07) is 2.82. The highest BCUT2D eigenvalue weighted by Crippen LogP contribution is 2.35. The van der Waals surface area contributed by atoms with Crippen LogP contribution in [0, 0.1) is 0 Å². The first-order valence-corrected chi connectivity index (χ1v) is 6.60. The molecule has 0 amide bonds. The fourth-order valence-electron chi connectivity index (χ4n) is 2.85. The molecule has 1 saturated carbocycles. The van der Waals surface area contributed by atoms with E-state index in [0.29, 0.717) is 0 Å². The summed E-state index contributed by atoms with van der Waals surface area (Å²) in [5.41, 5.74) is 0.746. The molecule has 1 N–H and O–H groups in total. The normalized spacial score (nSPS) is 30.0. The predicted molar refractivity (Wildman–Crippen MR) is 65.7 cm³/mol. The van der Waals surface area contributed by atoms with E-state index in [1.807, 2.05) is 24.0 Å². The summed E-state index contributed by atoms with van der Waals surface area (Å²) in [6.45, 7) is 1.95. The minimum absolute atomic E-state index is 0.465. The van der Waals surface area contributed by atoms with E-state index >= 15 is 0 Å². The molecule has 2 aliphatic rings. The van der Waals surface area contributed by atoms with Crippen molar-refractivity contribution in [2.45, 2.75) is 43.7 Å². The number of hydrogen-bond acceptors (Lipinski definition) is 3. The maximum atomic E-state index is 10.6. The predicted octanol–water partition coefficient (Wildman–Crippen LogP) is 0.952. The van der Waals surface area contributed by atoms with Crippen molar-refractivity contribution in [1.82, 2.24) is 14.7 Å². The van der Waals surface area contributed by atoms with E-state index < -0.39 is 5.60 Å². The molecule has 17 heavy (non-hydrogen) atoms. The van der Waals surface area contributed by atoms with E-state index in [0.717, 1.165) is 38.4 Å². The second kappa shape index (κ2) is 4.10. The summed E-state index contributed by atoms with van der Waals surface area (Å²) in [5, 5.41) is 14.7. The van der Waals surface area contributed by atoms with Crippen LogP contribution in [-0.4, -0.2) is 44.5 Å². The Kier molecular flexibility index (Phi) is 2.71. The summed E-state index contributed by atoms with van der Waals surface area (Å²) >= 11 is 0. The molecule has 4 nitrogen and oxygen atoms in total. The monoisotopic (exact) mass is 235 g/mol. The maximum Gasteiger partial charge on any atom is 0.0790 e. The lowest BCUT2D eigenvalue weighted by atomic mass is 9.96. The first-order valence-electron chi connectivity index (χ1n) is 6.60. The Hall–Kier alpha value is -0.870. The highest BCUT2D eigenvalue weighted by molar-refractivity contribution is 5.03. The van der Waals surface area contributed by atoms with Crippen molar-refractivity contribution in [1.29, 1.82) is 0 Å². The fraction of sp³-hybridized carbons (Fsp3) is 0.769. The van der Waals surface area contributed by atoms with Crippen molar-refractivity contribution in [3.05, 3.63) is 18.0 Å². The van der Waals surface area contributed by atoms with E-state index in [9.17, 15) is 5.11 Å². The topological polar surface area (TPSA) is 41.3 Å². The van der Waals surface area contributed by atoms with Crippen molar-refractivity contribution < 1.29 is 5.11 Å². The number of β-amino-alcohol motifs (C(OH)–C–C–N with tert-alkyl or cyclic N) is 1. The first kappa shape index (κ1) is 11.2. The van der Waals surface area contributed by atoms with Crippen LogP contribution in [0.4, 0.5) is 0 Å². The molecule has 1 saturated heterocycles. The number of nitrogens with zero attached hydrogens (tertiary/aromatic N) is 3. The van der Waals surface area contributed by atoms with Gasteiger partial charge in [0.25, 0.3) is 0 Å². The molecule has 4 heteroatoms. The molecule has 2 fully saturated rings. The zero-order chi connectivity index (χ0) is 11.9. The summed E-state index contributed by atoms with van der Waals surface area (Å²) < 4.78 is 1.90. The van der Waals surface area contributed by atoms with Gasteiger partial charge in [-0.1, -0.05) is 0 Å². The maximum absolute atomic E-state index is 10.6. The average molecular weight is 235 g/mol. The van der Waals surface area contributed by atoms with Gasteiger partial charge in [-0.05, 0) is 38.2 Å². The highest BCUT2D eigenvalue weighted by atomic mass is 16.3. The molecule has 3 rings (SSSR count). The minimum atomic E-state index is -0.465. The second-order valence-electron chi connectivity index (χ2n) is 5.62. The minimum Gasteiger partial charge on any atom is -0.388 e. The van der Waals surface area contributed by atoms with Gasteiger partial charge in [-0.3, -0.25) is 9.58 Å². The van der Waals surface area contributed by atoms with Crippen LogP contribution >= 0.6 is 0 Å². The quantitative estimate of drug-likeness (QED) is 0.845. The van der Waals surface area contributed by atoms with Gasteiger partial charge in [0.05, 0.1) is 5.60 Å². The Morgan fingerprint density at radius 2 is 2.35 bits per heavy atom. The van der Waals surface area contributed by atoms with Gasteiger partial charge in [-0.15, -0.1) is 0 Å². The van der Waals surface area contributed by atoms with Crippen LogP contribution < -0.4 is 0 Å². The third kappa shape index (κ3) is 2.38. The molecule has 0 spiro atoms. The molecule has 1 aromatic rings. The lowest BCUT2D eigenvalue weighted by molar-refractivity contribution is 0.0396. The fourth-order valence-corrected chi connectivity index (χ4v) is 2.85. The standard InChI is InChI=1S/C13H21N3O/c1-15-11(5-8-14-15)4-6-13(17)7-9-16(10-13)12-2-3-12/h5,8,12,17H,2-4,6-7,9-10H2,1H3. The Balaban J connectivity index is 1.56. The number of likely N-dealkylation sites (tertiary alicyclic amines) is 1. The van der Waals surface area contributed by atoms with Crippen LogP contribution in [0.2, 0.25) is 0 Å². The van der Waals surface area contributed by atoms with E-state index in [2.05, 4.69) is 10.00 Å². The van der Waals surface area contributed by atoms with Gasteiger partial charge in [0.1, 0.15) is 0 Å². The Morgan fingerprint density at radius 3 is 3.00 bits per heavy atom. The molecule has 1 aromatic heterocycles. The molecule has 1 aliphatic carbocycles. The Morgan fingerprint density at radius 1 is 1.53 bits per heavy atom. The van der Waals surface area contributed by atoms with Gasteiger partial charge in [-0.2, -0.15) is 5.10 Å². The van der Waals surface area contributed by atoms with Crippen molar-refractivity contribution >= 4 is 0 Å². The van der Waals surface area contributed by atoms with Gasteiger partial charge >= 0.3 is 0 Å². The van der Waals surface area contributed by atoms with E-state index in [-0.39, 0.29) is 0 Å². The third-order valence-corrected chi connectivity index (χ3v) is 4.19. The summed E-state index contributed by atoms with van der Waals surface area (Å²) in [6.07, 6.45) is 7.20. The number of aliphatic hydroxyl groups is 1. The van der Waals surface area contributed by atoms with Gasteiger partial charge in [-0.25, -0.2) is 0 Å². The van der Waals surface area contributed by atoms with Crippen LogP contribution in [0.5, 0.6) is 0 Å².